The van der Waals surface area contributed by atoms with Crippen molar-refractivity contribution in [3.63, 3.8) is 0 Å². The Morgan fingerprint density at radius 1 is 1.00 bits per heavy atom. The first kappa shape index (κ1) is 13.5. The number of benzene rings is 2. The summed E-state index contributed by atoms with van der Waals surface area (Å²) in [6.45, 7) is 1.99. The summed E-state index contributed by atoms with van der Waals surface area (Å²) in [5.41, 5.74) is 3.27. The van der Waals surface area contributed by atoms with Crippen molar-refractivity contribution in [2.45, 2.75) is 38.2 Å². The van der Waals surface area contributed by atoms with Crippen molar-refractivity contribution in [2.75, 3.05) is 0 Å². The number of aromatic hydroxyl groups is 2. The van der Waals surface area contributed by atoms with Gasteiger partial charge in [0.25, 0.3) is 0 Å². The number of rotatable bonds is 1. The maximum Gasteiger partial charge on any atom is 0.127 e. The Kier molecular flexibility index (Phi) is 3.03. The lowest BCUT2D eigenvalue weighted by atomic mass is 9.79. The molecule has 22 heavy (non-hydrogen) atoms. The third-order valence-corrected chi connectivity index (χ3v) is 5.11. The van der Waals surface area contributed by atoms with Crippen LogP contribution in [0, 0.1) is 12.8 Å². The number of aryl methyl sites for hydroxylation is 1. The normalized spacial score (nSPS) is 26.1. The van der Waals surface area contributed by atoms with E-state index < -0.39 is 0 Å². The molecule has 0 aromatic heterocycles. The molecule has 1 aliphatic heterocycles. The molecule has 3 nitrogen and oxygen atoms in total. The van der Waals surface area contributed by atoms with E-state index in [2.05, 4.69) is 0 Å². The molecule has 0 unspecified atom stereocenters. The van der Waals surface area contributed by atoms with Gasteiger partial charge in [0, 0.05) is 11.5 Å². The third-order valence-electron chi connectivity index (χ3n) is 5.11. The van der Waals surface area contributed by atoms with Gasteiger partial charge in [-0.2, -0.15) is 0 Å². The first-order valence-electron chi connectivity index (χ1n) is 7.92. The van der Waals surface area contributed by atoms with Gasteiger partial charge in [-0.05, 0) is 61.1 Å². The zero-order valence-electron chi connectivity index (χ0n) is 12.6. The van der Waals surface area contributed by atoms with Crippen LogP contribution in [0.25, 0.3) is 0 Å². The Labute approximate surface area is 130 Å². The van der Waals surface area contributed by atoms with E-state index in [1.165, 1.54) is 6.42 Å². The van der Waals surface area contributed by atoms with Crippen LogP contribution < -0.4 is 4.74 Å². The summed E-state index contributed by atoms with van der Waals surface area (Å²) in [6.07, 6.45) is 3.52. The fraction of sp³-hybridized carbons (Fsp3) is 0.368. The first-order valence-corrected chi connectivity index (χ1v) is 7.92. The zero-order chi connectivity index (χ0) is 15.3. The van der Waals surface area contributed by atoms with Crippen LogP contribution in [0.5, 0.6) is 17.2 Å². The van der Waals surface area contributed by atoms with E-state index in [-0.39, 0.29) is 11.9 Å². The van der Waals surface area contributed by atoms with Crippen LogP contribution in [0.1, 0.15) is 48.0 Å². The highest BCUT2D eigenvalue weighted by molar-refractivity contribution is 5.50. The molecule has 1 fully saturated rings. The summed E-state index contributed by atoms with van der Waals surface area (Å²) in [5.74, 6) is 2.43. The van der Waals surface area contributed by atoms with E-state index >= 15 is 0 Å². The fourth-order valence-electron chi connectivity index (χ4n) is 4.15. The predicted molar refractivity (Wildman–Crippen MR) is 84.4 cm³/mol. The lowest BCUT2D eigenvalue weighted by Gasteiger charge is -2.37. The van der Waals surface area contributed by atoms with Crippen molar-refractivity contribution in [1.82, 2.24) is 0 Å². The van der Waals surface area contributed by atoms with E-state index in [1.807, 2.05) is 25.1 Å². The summed E-state index contributed by atoms with van der Waals surface area (Å²) in [6, 6.07) is 11.0. The Morgan fingerprint density at radius 2 is 1.77 bits per heavy atom. The summed E-state index contributed by atoms with van der Waals surface area (Å²) in [5, 5.41) is 19.4. The second-order valence-corrected chi connectivity index (χ2v) is 6.51. The molecule has 0 radical (unpaired) electrons. The molecule has 0 spiro atoms. The van der Waals surface area contributed by atoms with E-state index in [0.717, 1.165) is 35.3 Å². The molecule has 2 aliphatic rings. The van der Waals surface area contributed by atoms with Gasteiger partial charge >= 0.3 is 0 Å². The number of fused-ring (bicyclic) bond motifs is 3. The van der Waals surface area contributed by atoms with Crippen molar-refractivity contribution >= 4 is 0 Å². The largest absolute Gasteiger partial charge is 0.508 e. The Balaban J connectivity index is 1.81. The SMILES string of the molecule is Cc1cc(O)cc2c1O[C@H](c1ccc(O)cc1)[C@@H]1CCC[C@H]21. The number of ether oxygens (including phenoxy) is 1. The van der Waals surface area contributed by atoms with Gasteiger partial charge in [-0.3, -0.25) is 0 Å². The number of hydrogen-bond donors (Lipinski definition) is 2. The van der Waals surface area contributed by atoms with E-state index in [4.69, 9.17) is 4.74 Å². The Bertz CT molecular complexity index is 705. The van der Waals surface area contributed by atoms with Gasteiger partial charge in [0.2, 0.25) is 0 Å². The van der Waals surface area contributed by atoms with E-state index in [0.29, 0.717) is 17.6 Å². The third kappa shape index (κ3) is 2.04. The molecule has 0 amide bonds. The van der Waals surface area contributed by atoms with Gasteiger partial charge in [-0.1, -0.05) is 18.6 Å². The van der Waals surface area contributed by atoms with Crippen LogP contribution in [0.2, 0.25) is 0 Å². The minimum atomic E-state index is 0.0313. The standard InChI is InChI=1S/C19H20O3/c1-11-9-14(21)10-17-15-3-2-4-16(15)19(22-18(11)17)12-5-7-13(20)8-6-12/h5-10,15-16,19-21H,2-4H2,1H3/t15-,16+,19+/m0/s1. The minimum absolute atomic E-state index is 0.0313. The molecule has 3 atom stereocenters. The van der Waals surface area contributed by atoms with Crippen LogP contribution in [-0.2, 0) is 0 Å². The van der Waals surface area contributed by atoms with Gasteiger partial charge in [0.05, 0.1) is 0 Å². The molecule has 2 aromatic rings. The maximum atomic E-state index is 9.92. The monoisotopic (exact) mass is 296 g/mol. The molecule has 2 aromatic carbocycles. The van der Waals surface area contributed by atoms with E-state index in [1.54, 1.807) is 18.2 Å². The second kappa shape index (κ2) is 4.94. The number of phenols is 2. The minimum Gasteiger partial charge on any atom is -0.508 e. The predicted octanol–water partition coefficient (Wildman–Crippen LogP) is 4.42. The zero-order valence-corrected chi connectivity index (χ0v) is 12.6. The number of phenolic OH excluding ortho intramolecular Hbond substituents is 2. The van der Waals surface area contributed by atoms with Crippen molar-refractivity contribution in [3.8, 4) is 17.2 Å². The van der Waals surface area contributed by atoms with Crippen molar-refractivity contribution in [1.29, 1.82) is 0 Å². The number of hydrogen-bond acceptors (Lipinski definition) is 3. The first-order chi connectivity index (χ1) is 10.6. The summed E-state index contributed by atoms with van der Waals surface area (Å²) in [7, 11) is 0. The Hall–Kier alpha value is -2.16. The molecular formula is C19H20O3. The molecule has 0 bridgehead atoms. The molecule has 1 heterocycles. The van der Waals surface area contributed by atoms with Crippen molar-refractivity contribution < 1.29 is 14.9 Å². The fourth-order valence-corrected chi connectivity index (χ4v) is 4.15. The maximum absolute atomic E-state index is 9.92. The van der Waals surface area contributed by atoms with Crippen LogP contribution in [0.4, 0.5) is 0 Å². The molecule has 4 rings (SSSR count). The molecule has 0 saturated heterocycles. The lowest BCUT2D eigenvalue weighted by Crippen LogP contribution is -2.27. The Morgan fingerprint density at radius 3 is 2.55 bits per heavy atom. The molecule has 2 N–H and O–H groups in total. The van der Waals surface area contributed by atoms with E-state index in [9.17, 15) is 10.2 Å². The molecule has 3 heteroatoms. The molecular weight excluding hydrogens is 276 g/mol. The topological polar surface area (TPSA) is 49.7 Å². The molecule has 1 saturated carbocycles. The van der Waals surface area contributed by atoms with Crippen LogP contribution in [-0.4, -0.2) is 10.2 Å². The van der Waals surface area contributed by atoms with Crippen molar-refractivity contribution in [2.24, 2.45) is 5.92 Å². The second-order valence-electron chi connectivity index (χ2n) is 6.51. The molecule has 114 valence electrons. The van der Waals surface area contributed by atoms with Crippen LogP contribution in [0.3, 0.4) is 0 Å². The highest BCUT2D eigenvalue weighted by atomic mass is 16.5. The summed E-state index contributed by atoms with van der Waals surface area (Å²) >= 11 is 0. The summed E-state index contributed by atoms with van der Waals surface area (Å²) < 4.78 is 6.36. The van der Waals surface area contributed by atoms with Gasteiger partial charge in [0.15, 0.2) is 0 Å². The van der Waals surface area contributed by atoms with Gasteiger partial charge in [0.1, 0.15) is 23.4 Å². The van der Waals surface area contributed by atoms with Gasteiger partial charge in [-0.25, -0.2) is 0 Å². The smallest absolute Gasteiger partial charge is 0.127 e. The van der Waals surface area contributed by atoms with Crippen LogP contribution >= 0.6 is 0 Å². The highest BCUT2D eigenvalue weighted by Crippen LogP contribution is 2.55. The summed E-state index contributed by atoms with van der Waals surface area (Å²) in [4.78, 5) is 0. The quantitative estimate of drug-likeness (QED) is 0.818. The molecule has 1 aliphatic carbocycles. The highest BCUT2D eigenvalue weighted by Gasteiger charge is 2.42. The lowest BCUT2D eigenvalue weighted by molar-refractivity contribution is 0.103. The van der Waals surface area contributed by atoms with Gasteiger partial charge in [-0.15, -0.1) is 0 Å². The van der Waals surface area contributed by atoms with Crippen LogP contribution in [0.15, 0.2) is 36.4 Å². The average Bonchev–Trinajstić information content (AvgIpc) is 2.97. The average molecular weight is 296 g/mol. The van der Waals surface area contributed by atoms with Gasteiger partial charge < -0.3 is 14.9 Å². The van der Waals surface area contributed by atoms with Crippen molar-refractivity contribution in [3.05, 3.63) is 53.1 Å².